The highest BCUT2D eigenvalue weighted by Gasteiger charge is 2.50. The van der Waals surface area contributed by atoms with Gasteiger partial charge in [-0.3, -0.25) is 4.79 Å². The minimum Gasteiger partial charge on any atom is -0.455 e. The molecule has 0 spiro atoms. The largest absolute Gasteiger partial charge is 0.455 e. The van der Waals surface area contributed by atoms with Gasteiger partial charge in [0.05, 0.1) is 29.7 Å². The van der Waals surface area contributed by atoms with Crippen LogP contribution in [0.1, 0.15) is 11.1 Å². The second-order valence-electron chi connectivity index (χ2n) is 8.76. The molecule has 2 saturated heterocycles. The molecule has 6 nitrogen and oxygen atoms in total. The third kappa shape index (κ3) is 5.42. The molecule has 186 valence electrons. The van der Waals surface area contributed by atoms with Crippen LogP contribution in [-0.4, -0.2) is 42.3 Å². The summed E-state index contributed by atoms with van der Waals surface area (Å²) >= 11 is 13.9. The summed E-state index contributed by atoms with van der Waals surface area (Å²) in [6.45, 7) is 1.97. The van der Waals surface area contributed by atoms with Crippen molar-refractivity contribution in [3.05, 3.63) is 87.9 Å². The van der Waals surface area contributed by atoms with Gasteiger partial charge in [-0.2, -0.15) is 4.99 Å². The van der Waals surface area contributed by atoms with Gasteiger partial charge in [0.25, 0.3) is 5.91 Å². The maximum absolute atomic E-state index is 13.0. The van der Waals surface area contributed by atoms with E-state index in [1.54, 1.807) is 41.3 Å². The van der Waals surface area contributed by atoms with Gasteiger partial charge in [0.2, 0.25) is 0 Å². The van der Waals surface area contributed by atoms with E-state index < -0.39 is 15.9 Å². The molecule has 2 heterocycles. The highest BCUT2D eigenvalue weighted by molar-refractivity contribution is 8.16. The molecule has 2 fully saturated rings. The standard InChI is InChI=1S/C26H22Cl2N2O4S2/c1-16-5-4-7-19(11-16)34-23-10-9-18(27)13-21(23)30-22-14-36(32,33)15-24(22)35-26(30)29-25(31)12-17-6-2-3-8-20(17)28/h2-11,13,22,24H,12,14-15H2,1H3/t22-,24-/m1/s1. The van der Waals surface area contributed by atoms with Crippen molar-refractivity contribution in [1.29, 1.82) is 0 Å². The fraction of sp³-hybridized carbons (Fsp3) is 0.231. The Morgan fingerprint density at radius 1 is 1.08 bits per heavy atom. The monoisotopic (exact) mass is 560 g/mol. The van der Waals surface area contributed by atoms with Crippen LogP contribution in [0.3, 0.4) is 0 Å². The van der Waals surface area contributed by atoms with Gasteiger partial charge in [0.1, 0.15) is 5.75 Å². The van der Waals surface area contributed by atoms with Crippen LogP contribution in [-0.2, 0) is 21.1 Å². The molecular weight excluding hydrogens is 539 g/mol. The van der Waals surface area contributed by atoms with Crippen molar-refractivity contribution in [3.8, 4) is 11.5 Å². The Bertz CT molecular complexity index is 1480. The first-order valence-electron chi connectivity index (χ1n) is 11.2. The Kier molecular flexibility index (Phi) is 7.05. The molecule has 3 aromatic rings. The van der Waals surface area contributed by atoms with Crippen LogP contribution in [0.15, 0.2) is 71.7 Å². The molecule has 0 N–H and O–H groups in total. The summed E-state index contributed by atoms with van der Waals surface area (Å²) in [5.41, 5.74) is 2.27. The number of carbonyl (C=O) groups excluding carboxylic acids is 1. The van der Waals surface area contributed by atoms with Crippen molar-refractivity contribution in [2.24, 2.45) is 4.99 Å². The van der Waals surface area contributed by atoms with E-state index in [1.165, 1.54) is 11.8 Å². The van der Waals surface area contributed by atoms with E-state index in [0.29, 0.717) is 38.0 Å². The number of ether oxygens (including phenoxy) is 1. The molecule has 5 rings (SSSR count). The normalized spacial score (nSPS) is 21.5. The first-order valence-corrected chi connectivity index (χ1v) is 14.7. The average molecular weight is 562 g/mol. The number of aliphatic imine (C=N–C) groups is 1. The zero-order valence-corrected chi connectivity index (χ0v) is 22.4. The van der Waals surface area contributed by atoms with Gasteiger partial charge in [-0.1, -0.05) is 65.3 Å². The van der Waals surface area contributed by atoms with E-state index in [2.05, 4.69) is 4.99 Å². The predicted molar refractivity (Wildman–Crippen MR) is 147 cm³/mol. The number of carbonyl (C=O) groups is 1. The molecule has 0 saturated carbocycles. The number of sulfone groups is 1. The van der Waals surface area contributed by atoms with Gasteiger partial charge in [-0.05, 0) is 54.4 Å². The van der Waals surface area contributed by atoms with Crippen LogP contribution in [0.2, 0.25) is 10.0 Å². The van der Waals surface area contributed by atoms with E-state index >= 15 is 0 Å². The van der Waals surface area contributed by atoms with Gasteiger partial charge < -0.3 is 9.64 Å². The van der Waals surface area contributed by atoms with Crippen molar-refractivity contribution in [2.75, 3.05) is 16.4 Å². The van der Waals surface area contributed by atoms with Crippen LogP contribution in [0.4, 0.5) is 5.69 Å². The number of benzene rings is 3. The molecule has 0 radical (unpaired) electrons. The van der Waals surface area contributed by atoms with Gasteiger partial charge in [-0.25, -0.2) is 8.42 Å². The highest BCUT2D eigenvalue weighted by atomic mass is 35.5. The topological polar surface area (TPSA) is 76.0 Å². The number of hydrogen-bond donors (Lipinski definition) is 0. The molecule has 2 aliphatic heterocycles. The lowest BCUT2D eigenvalue weighted by Crippen LogP contribution is -2.38. The number of amides is 1. The van der Waals surface area contributed by atoms with Crippen LogP contribution < -0.4 is 9.64 Å². The summed E-state index contributed by atoms with van der Waals surface area (Å²) in [4.78, 5) is 19.2. The fourth-order valence-corrected chi connectivity index (χ4v) is 8.66. The van der Waals surface area contributed by atoms with Gasteiger partial charge in [0.15, 0.2) is 20.8 Å². The van der Waals surface area contributed by atoms with Crippen LogP contribution >= 0.6 is 35.0 Å². The zero-order valence-electron chi connectivity index (χ0n) is 19.2. The minimum atomic E-state index is -3.23. The van der Waals surface area contributed by atoms with E-state index in [4.69, 9.17) is 27.9 Å². The van der Waals surface area contributed by atoms with Gasteiger partial charge >= 0.3 is 0 Å². The molecule has 10 heteroatoms. The second-order valence-corrected chi connectivity index (χ2v) is 13.0. The Morgan fingerprint density at radius 2 is 1.89 bits per heavy atom. The lowest BCUT2D eigenvalue weighted by atomic mass is 10.1. The molecule has 1 amide bonds. The number of hydrogen-bond acceptors (Lipinski definition) is 5. The maximum Gasteiger partial charge on any atom is 0.252 e. The summed E-state index contributed by atoms with van der Waals surface area (Å²) in [5, 5.41) is 1.12. The summed E-state index contributed by atoms with van der Waals surface area (Å²) in [7, 11) is -3.23. The van der Waals surface area contributed by atoms with Gasteiger partial charge in [0, 0.05) is 15.3 Å². The molecule has 36 heavy (non-hydrogen) atoms. The average Bonchev–Trinajstić information content (AvgIpc) is 3.27. The lowest BCUT2D eigenvalue weighted by Gasteiger charge is -2.27. The summed E-state index contributed by atoms with van der Waals surface area (Å²) in [6, 6.07) is 19.5. The number of rotatable bonds is 5. The van der Waals surface area contributed by atoms with Crippen LogP contribution in [0.5, 0.6) is 11.5 Å². The molecule has 0 bridgehead atoms. The van der Waals surface area contributed by atoms with Crippen molar-refractivity contribution < 1.29 is 17.9 Å². The van der Waals surface area contributed by atoms with E-state index in [-0.39, 0.29) is 29.1 Å². The quantitative estimate of drug-likeness (QED) is 0.384. The molecule has 2 atom stereocenters. The zero-order chi connectivity index (χ0) is 25.4. The highest BCUT2D eigenvalue weighted by Crippen LogP contribution is 2.45. The summed E-state index contributed by atoms with van der Waals surface area (Å²) < 4.78 is 31.2. The lowest BCUT2D eigenvalue weighted by molar-refractivity contribution is -0.117. The molecule has 3 aromatic carbocycles. The third-order valence-corrected chi connectivity index (χ3v) is 9.80. The van der Waals surface area contributed by atoms with Crippen molar-refractivity contribution >= 4 is 61.6 Å². The predicted octanol–water partition coefficient (Wildman–Crippen LogP) is 5.94. The van der Waals surface area contributed by atoms with Gasteiger partial charge in [-0.15, -0.1) is 0 Å². The molecule has 0 aliphatic carbocycles. The summed E-state index contributed by atoms with van der Waals surface area (Å²) in [5.74, 6) is 0.724. The number of amidine groups is 1. The number of anilines is 1. The summed E-state index contributed by atoms with van der Waals surface area (Å²) in [6.07, 6.45) is 0.0351. The molecule has 0 aromatic heterocycles. The fourth-order valence-electron chi connectivity index (χ4n) is 4.37. The van der Waals surface area contributed by atoms with Crippen molar-refractivity contribution in [1.82, 2.24) is 0 Å². The number of fused-ring (bicyclic) bond motifs is 1. The van der Waals surface area contributed by atoms with Crippen molar-refractivity contribution in [3.63, 3.8) is 0 Å². The van der Waals surface area contributed by atoms with Crippen LogP contribution in [0, 0.1) is 6.92 Å². The number of halogens is 2. The van der Waals surface area contributed by atoms with Crippen molar-refractivity contribution in [2.45, 2.75) is 24.6 Å². The molecule has 0 unspecified atom stereocenters. The minimum absolute atomic E-state index is 0.0190. The molecule has 2 aliphatic rings. The van der Waals surface area contributed by atoms with E-state index in [1.807, 2.05) is 37.3 Å². The Balaban J connectivity index is 1.54. The SMILES string of the molecule is Cc1cccc(Oc2ccc(Cl)cc2N2C(=NC(=O)Cc3ccccc3Cl)S[C@@H]3CS(=O)(=O)C[C@H]32)c1. The Labute approximate surface area is 224 Å². The third-order valence-electron chi connectivity index (χ3n) is 5.98. The smallest absolute Gasteiger partial charge is 0.252 e. The number of nitrogens with zero attached hydrogens (tertiary/aromatic N) is 2. The molecular formula is C26H22Cl2N2O4S2. The first-order chi connectivity index (χ1) is 17.2. The van der Waals surface area contributed by atoms with Crippen LogP contribution in [0.25, 0.3) is 0 Å². The number of aryl methyl sites for hydroxylation is 1. The first kappa shape index (κ1) is 25.1. The van der Waals surface area contributed by atoms with E-state index in [0.717, 1.165) is 5.56 Å². The second kappa shape index (κ2) is 10.1. The van der Waals surface area contributed by atoms with E-state index in [9.17, 15) is 13.2 Å². The number of thioether (sulfide) groups is 1. The Morgan fingerprint density at radius 3 is 2.67 bits per heavy atom. The maximum atomic E-state index is 13.0. The Hall–Kier alpha value is -2.52.